The number of hydrogen-bond acceptors (Lipinski definition) is 8. The van der Waals surface area contributed by atoms with E-state index in [0.717, 1.165) is 18.2 Å². The van der Waals surface area contributed by atoms with Crippen LogP contribution >= 0.6 is 0 Å². The number of aromatic nitrogens is 4. The van der Waals surface area contributed by atoms with Crippen LogP contribution in [0.5, 0.6) is 11.5 Å². The number of nitrogens with one attached hydrogen (secondary N) is 1. The number of tetrazole rings is 1. The minimum absolute atomic E-state index is 0.00421. The number of rotatable bonds is 8. The number of carbonyl (C=O) groups is 2. The predicted octanol–water partition coefficient (Wildman–Crippen LogP) is 5.04. The SMILES string of the molecule is CC(C)(C)OC(=O)C[C@H](Cn1nnc(-c2cccc(Oc3cc(F)cc(F)c3)c2)n1)NC(=O)OC(C)(C)C. The Hall–Kier alpha value is -4.09. The largest absolute Gasteiger partial charge is 0.460 e. The average Bonchev–Trinajstić information content (AvgIpc) is 3.18. The molecule has 0 aliphatic carbocycles. The van der Waals surface area contributed by atoms with Crippen molar-refractivity contribution in [1.82, 2.24) is 25.5 Å². The summed E-state index contributed by atoms with van der Waals surface area (Å²) in [5.74, 6) is -1.51. The number of hydrogen-bond donors (Lipinski definition) is 1. The van der Waals surface area contributed by atoms with Crippen molar-refractivity contribution >= 4 is 12.1 Å². The lowest BCUT2D eigenvalue weighted by Gasteiger charge is -2.24. The molecular formula is C26H31F2N5O5. The van der Waals surface area contributed by atoms with E-state index in [-0.39, 0.29) is 24.5 Å². The van der Waals surface area contributed by atoms with Gasteiger partial charge in [0.25, 0.3) is 0 Å². The summed E-state index contributed by atoms with van der Waals surface area (Å²) in [6.07, 6.45) is -0.856. The van der Waals surface area contributed by atoms with Crippen molar-refractivity contribution < 1.29 is 32.6 Å². The van der Waals surface area contributed by atoms with Crippen molar-refractivity contribution in [3.05, 3.63) is 54.1 Å². The second kappa shape index (κ2) is 11.5. The third-order valence-corrected chi connectivity index (χ3v) is 4.55. The number of alkyl carbamates (subject to hydrolysis) is 1. The maximum atomic E-state index is 13.5. The predicted molar refractivity (Wildman–Crippen MR) is 133 cm³/mol. The van der Waals surface area contributed by atoms with Crippen LogP contribution in [0.2, 0.25) is 0 Å². The zero-order chi connectivity index (χ0) is 28.1. The van der Waals surface area contributed by atoms with E-state index >= 15 is 0 Å². The molecule has 12 heteroatoms. The fourth-order valence-electron chi connectivity index (χ4n) is 3.28. The van der Waals surface area contributed by atoms with Gasteiger partial charge in [-0.2, -0.15) is 4.80 Å². The first-order valence-corrected chi connectivity index (χ1v) is 11.9. The van der Waals surface area contributed by atoms with E-state index in [9.17, 15) is 18.4 Å². The molecule has 1 heterocycles. The first-order valence-electron chi connectivity index (χ1n) is 11.9. The van der Waals surface area contributed by atoms with E-state index in [2.05, 4.69) is 20.7 Å². The minimum Gasteiger partial charge on any atom is -0.460 e. The van der Waals surface area contributed by atoms with Gasteiger partial charge in [-0.05, 0) is 58.9 Å². The van der Waals surface area contributed by atoms with Crippen LogP contribution in [0.3, 0.4) is 0 Å². The normalized spacial score (nSPS) is 12.5. The van der Waals surface area contributed by atoms with Crippen LogP contribution in [0.4, 0.5) is 13.6 Å². The molecule has 0 spiro atoms. The monoisotopic (exact) mass is 531 g/mol. The van der Waals surface area contributed by atoms with Crippen molar-refractivity contribution in [3.8, 4) is 22.9 Å². The molecule has 3 aromatic rings. The van der Waals surface area contributed by atoms with Gasteiger partial charge in [-0.15, -0.1) is 10.2 Å². The van der Waals surface area contributed by atoms with Gasteiger partial charge >= 0.3 is 12.1 Å². The van der Waals surface area contributed by atoms with Gasteiger partial charge in [-0.1, -0.05) is 12.1 Å². The summed E-state index contributed by atoms with van der Waals surface area (Å²) in [6, 6.07) is 8.69. The lowest BCUT2D eigenvalue weighted by atomic mass is 10.1. The molecule has 10 nitrogen and oxygen atoms in total. The molecule has 1 atom stereocenters. The Bertz CT molecular complexity index is 1230. The molecule has 1 amide bonds. The molecule has 0 saturated carbocycles. The van der Waals surface area contributed by atoms with Gasteiger partial charge in [0, 0.05) is 23.8 Å². The molecule has 0 fully saturated rings. The number of halogens is 2. The Morgan fingerprint density at radius 3 is 2.24 bits per heavy atom. The van der Waals surface area contributed by atoms with Crippen molar-refractivity contribution in [2.75, 3.05) is 0 Å². The van der Waals surface area contributed by atoms with Gasteiger partial charge < -0.3 is 19.5 Å². The summed E-state index contributed by atoms with van der Waals surface area (Å²) < 4.78 is 43.2. The van der Waals surface area contributed by atoms with E-state index in [1.54, 1.807) is 65.8 Å². The second-order valence-corrected chi connectivity index (χ2v) is 10.5. The average molecular weight is 532 g/mol. The maximum Gasteiger partial charge on any atom is 0.407 e. The number of nitrogens with zero attached hydrogens (tertiary/aromatic N) is 4. The summed E-state index contributed by atoms with van der Waals surface area (Å²) in [4.78, 5) is 26.0. The van der Waals surface area contributed by atoms with Gasteiger partial charge in [0.2, 0.25) is 5.82 Å². The van der Waals surface area contributed by atoms with Crippen LogP contribution in [0, 0.1) is 11.6 Å². The molecule has 0 unspecified atom stereocenters. The maximum absolute atomic E-state index is 13.5. The van der Waals surface area contributed by atoms with Gasteiger partial charge in [0.1, 0.15) is 34.3 Å². The summed E-state index contributed by atoms with van der Waals surface area (Å²) in [6.45, 7) is 10.4. The lowest BCUT2D eigenvalue weighted by Crippen LogP contribution is -2.43. The van der Waals surface area contributed by atoms with Crippen LogP contribution < -0.4 is 10.1 Å². The third kappa shape index (κ3) is 9.41. The van der Waals surface area contributed by atoms with Crippen molar-refractivity contribution in [1.29, 1.82) is 0 Å². The highest BCUT2D eigenvalue weighted by Crippen LogP contribution is 2.26. The number of ether oxygens (including phenoxy) is 3. The van der Waals surface area contributed by atoms with Crippen LogP contribution in [0.25, 0.3) is 11.4 Å². The summed E-state index contributed by atoms with van der Waals surface area (Å²) in [5.41, 5.74) is -0.908. The fraction of sp³-hybridized carbons (Fsp3) is 0.423. The van der Waals surface area contributed by atoms with E-state index in [0.29, 0.717) is 11.3 Å². The Balaban J connectivity index is 1.75. The van der Waals surface area contributed by atoms with Crippen molar-refractivity contribution in [3.63, 3.8) is 0 Å². The molecule has 0 saturated heterocycles. The smallest absolute Gasteiger partial charge is 0.407 e. The standard InChI is InChI=1S/C26H31F2N5O5/c1-25(2,3)37-22(34)14-19(29-24(35)38-26(4,5)6)15-33-31-23(30-32-33)16-8-7-9-20(10-16)36-21-12-17(27)11-18(28)13-21/h7-13,19H,14-15H2,1-6H3,(H,29,35)/t19-/m1/s1. The Labute approximate surface area is 219 Å². The van der Waals surface area contributed by atoms with E-state index in [1.807, 2.05) is 0 Å². The van der Waals surface area contributed by atoms with Gasteiger partial charge in [-0.25, -0.2) is 13.6 Å². The Kier molecular flexibility index (Phi) is 8.64. The molecule has 204 valence electrons. The molecule has 0 aliphatic rings. The van der Waals surface area contributed by atoms with Gasteiger partial charge in [-0.3, -0.25) is 4.79 Å². The molecule has 2 aromatic carbocycles. The second-order valence-electron chi connectivity index (χ2n) is 10.5. The van der Waals surface area contributed by atoms with Crippen LogP contribution in [-0.2, 0) is 20.8 Å². The third-order valence-electron chi connectivity index (χ3n) is 4.55. The summed E-state index contributed by atoms with van der Waals surface area (Å²) in [5, 5.41) is 15.1. The molecule has 0 aliphatic heterocycles. The quantitative estimate of drug-likeness (QED) is 0.402. The molecule has 38 heavy (non-hydrogen) atoms. The number of amides is 1. The van der Waals surface area contributed by atoms with Gasteiger partial charge in [0.05, 0.1) is 19.0 Å². The van der Waals surface area contributed by atoms with Crippen LogP contribution in [0.1, 0.15) is 48.0 Å². The molecule has 1 aromatic heterocycles. The van der Waals surface area contributed by atoms with Crippen molar-refractivity contribution in [2.24, 2.45) is 0 Å². The van der Waals surface area contributed by atoms with E-state index < -0.39 is 40.9 Å². The number of esters is 1. The minimum atomic E-state index is -0.762. The van der Waals surface area contributed by atoms with Crippen molar-refractivity contribution in [2.45, 2.75) is 71.8 Å². The number of carbonyl (C=O) groups excluding carboxylic acids is 2. The Morgan fingerprint density at radius 2 is 1.61 bits per heavy atom. The molecular weight excluding hydrogens is 500 g/mol. The molecule has 3 rings (SSSR count). The highest BCUT2D eigenvalue weighted by molar-refractivity contribution is 5.73. The number of benzene rings is 2. The lowest BCUT2D eigenvalue weighted by molar-refractivity contribution is -0.155. The summed E-state index contributed by atoms with van der Waals surface area (Å²) >= 11 is 0. The topological polar surface area (TPSA) is 117 Å². The Morgan fingerprint density at radius 1 is 0.947 bits per heavy atom. The van der Waals surface area contributed by atoms with E-state index in [4.69, 9.17) is 14.2 Å². The first kappa shape index (κ1) is 28.5. The van der Waals surface area contributed by atoms with E-state index in [1.165, 1.54) is 4.80 Å². The summed E-state index contributed by atoms with van der Waals surface area (Å²) in [7, 11) is 0. The first-order chi connectivity index (χ1) is 17.6. The molecule has 0 bridgehead atoms. The molecule has 0 radical (unpaired) electrons. The van der Waals surface area contributed by atoms with Crippen LogP contribution in [0.15, 0.2) is 42.5 Å². The highest BCUT2D eigenvalue weighted by atomic mass is 19.1. The zero-order valence-electron chi connectivity index (χ0n) is 22.1. The van der Waals surface area contributed by atoms with Gasteiger partial charge in [0.15, 0.2) is 0 Å². The molecule has 1 N–H and O–H groups in total. The zero-order valence-corrected chi connectivity index (χ0v) is 22.1. The van der Waals surface area contributed by atoms with Crippen LogP contribution in [-0.4, -0.2) is 49.5 Å². The fourth-order valence-corrected chi connectivity index (χ4v) is 3.28. The highest BCUT2D eigenvalue weighted by Gasteiger charge is 2.25.